The third-order valence-electron chi connectivity index (χ3n) is 0.498. The maximum Gasteiger partial charge on any atom is 1.00 e. The van der Waals surface area contributed by atoms with Gasteiger partial charge in [0.15, 0.2) is 0 Å². The van der Waals surface area contributed by atoms with Crippen LogP contribution in [-0.4, -0.2) is 11.6 Å². The molecule has 0 N–H and O–H groups in total. The zero-order valence-electron chi connectivity index (χ0n) is 6.52. The molecule has 8 heavy (non-hydrogen) atoms. The number of carbonyl (C=O) groups is 2. The van der Waals surface area contributed by atoms with Crippen molar-refractivity contribution < 1.29 is 29.9 Å². The number of ketones is 2. The molecule has 0 spiro atoms. The largest absolute Gasteiger partial charge is 1.00 e. The topological polar surface area (TPSA) is 34.1 Å². The maximum absolute atomic E-state index is 10.0. The molecular weight excluding hydrogens is 99.0 g/mol. The van der Waals surface area contributed by atoms with Crippen molar-refractivity contribution in [1.82, 2.24) is 0 Å². The van der Waals surface area contributed by atoms with Gasteiger partial charge in [0.05, 0.1) is 6.42 Å². The fourth-order valence-electron chi connectivity index (χ4n) is 0.351. The van der Waals surface area contributed by atoms with Gasteiger partial charge in [0, 0.05) is 0 Å². The maximum atomic E-state index is 10.0. The van der Waals surface area contributed by atoms with E-state index in [1.807, 2.05) is 0 Å². The predicted octanol–water partition coefficient (Wildman–Crippen LogP) is -2.33. The Labute approximate surface area is 62.3 Å². The zero-order chi connectivity index (χ0) is 5.86. The van der Waals surface area contributed by atoms with Gasteiger partial charge in [-0.15, -0.1) is 0 Å². The van der Waals surface area contributed by atoms with Crippen LogP contribution in [0.5, 0.6) is 0 Å². The Morgan fingerprint density at radius 3 is 1.50 bits per heavy atom. The average molecular weight is 108 g/mol. The van der Waals surface area contributed by atoms with Crippen LogP contribution in [0.2, 0.25) is 0 Å². The van der Waals surface area contributed by atoms with Crippen molar-refractivity contribution in [3.63, 3.8) is 0 Å². The molecule has 0 bridgehead atoms. The number of carbonyl (C=O) groups excluding carboxylic acids is 2. The van der Waals surface area contributed by atoms with Crippen LogP contribution in [0.3, 0.4) is 0 Å². The smallest absolute Gasteiger partial charge is 1.00 e. The molecule has 0 amide bonds. The molecule has 0 radical (unpaired) electrons. The molecule has 0 aromatic carbocycles. The standard InChI is InChI=1S/C5H8O2.Li.H/c1-4(6)3-5(2)7;;/h3H2,1-2H3;;/q;+1;-1. The minimum atomic E-state index is -0.0625. The number of hydrogen-bond donors (Lipinski definition) is 0. The molecule has 0 aliphatic heterocycles. The summed E-state index contributed by atoms with van der Waals surface area (Å²) in [6, 6.07) is 0. The van der Waals surface area contributed by atoms with E-state index in [0.29, 0.717) is 0 Å². The summed E-state index contributed by atoms with van der Waals surface area (Å²) in [4.78, 5) is 20.1. The fraction of sp³-hybridized carbons (Fsp3) is 0.600. The molecule has 0 saturated heterocycles. The molecule has 0 heterocycles. The molecule has 3 heteroatoms. The molecule has 0 rings (SSSR count). The van der Waals surface area contributed by atoms with E-state index in [1.165, 1.54) is 13.8 Å². The molecule has 0 aliphatic carbocycles. The third kappa shape index (κ3) is 9.34. The van der Waals surface area contributed by atoms with E-state index >= 15 is 0 Å². The Kier molecular flexibility index (Phi) is 6.88. The second-order valence-electron chi connectivity index (χ2n) is 1.58. The van der Waals surface area contributed by atoms with Gasteiger partial charge < -0.3 is 1.43 Å². The van der Waals surface area contributed by atoms with Crippen molar-refractivity contribution in [3.8, 4) is 0 Å². The van der Waals surface area contributed by atoms with Crippen molar-refractivity contribution in [2.45, 2.75) is 20.3 Å². The van der Waals surface area contributed by atoms with Crippen LogP contribution in [0, 0.1) is 0 Å². The minimum absolute atomic E-state index is 0. The number of Topliss-reactive ketones (excluding diaryl/α,β-unsaturated/α-hetero) is 2. The molecule has 2 nitrogen and oxygen atoms in total. The van der Waals surface area contributed by atoms with Gasteiger partial charge >= 0.3 is 18.9 Å². The SMILES string of the molecule is CC(=O)CC(C)=O.[H-].[Li+]. The van der Waals surface area contributed by atoms with Crippen molar-refractivity contribution in [2.75, 3.05) is 0 Å². The van der Waals surface area contributed by atoms with Gasteiger partial charge in [-0.2, -0.15) is 0 Å². The molecular formula is C5H9LiO2. The molecule has 0 aliphatic rings. The summed E-state index contributed by atoms with van der Waals surface area (Å²) in [5.74, 6) is -0.125. The van der Waals surface area contributed by atoms with Gasteiger partial charge in [0.1, 0.15) is 11.6 Å². The van der Waals surface area contributed by atoms with Crippen LogP contribution in [0.4, 0.5) is 0 Å². The van der Waals surface area contributed by atoms with Gasteiger partial charge in [-0.1, -0.05) is 0 Å². The van der Waals surface area contributed by atoms with E-state index in [1.54, 1.807) is 0 Å². The van der Waals surface area contributed by atoms with E-state index in [-0.39, 0.29) is 38.3 Å². The molecule has 0 fully saturated rings. The fourth-order valence-corrected chi connectivity index (χ4v) is 0.351. The predicted molar refractivity (Wildman–Crippen MR) is 27.1 cm³/mol. The molecule has 0 saturated carbocycles. The first kappa shape index (κ1) is 10.8. The zero-order valence-corrected chi connectivity index (χ0v) is 5.52. The number of hydrogen-bond acceptors (Lipinski definition) is 2. The summed E-state index contributed by atoms with van der Waals surface area (Å²) in [6.07, 6.45) is 0.0833. The molecule has 0 aromatic heterocycles. The summed E-state index contributed by atoms with van der Waals surface area (Å²) >= 11 is 0. The van der Waals surface area contributed by atoms with E-state index in [9.17, 15) is 9.59 Å². The Morgan fingerprint density at radius 1 is 1.25 bits per heavy atom. The van der Waals surface area contributed by atoms with Crippen molar-refractivity contribution in [2.24, 2.45) is 0 Å². The molecule has 0 aromatic rings. The summed E-state index contributed by atoms with van der Waals surface area (Å²) in [5, 5.41) is 0. The minimum Gasteiger partial charge on any atom is -1.00 e. The van der Waals surface area contributed by atoms with Crippen LogP contribution < -0.4 is 18.9 Å². The molecule has 0 unspecified atom stereocenters. The average Bonchev–Trinajstić information content (AvgIpc) is 1.27. The summed E-state index contributed by atoms with van der Waals surface area (Å²) in [5.41, 5.74) is 0. The summed E-state index contributed by atoms with van der Waals surface area (Å²) in [6.45, 7) is 2.81. The van der Waals surface area contributed by atoms with E-state index in [0.717, 1.165) is 0 Å². The van der Waals surface area contributed by atoms with E-state index < -0.39 is 0 Å². The van der Waals surface area contributed by atoms with E-state index in [4.69, 9.17) is 0 Å². The van der Waals surface area contributed by atoms with Gasteiger partial charge in [0.2, 0.25) is 0 Å². The van der Waals surface area contributed by atoms with Crippen LogP contribution >= 0.6 is 0 Å². The monoisotopic (exact) mass is 108 g/mol. The first-order valence-electron chi connectivity index (χ1n) is 2.12. The normalized spacial score (nSPS) is 7.25. The second-order valence-corrected chi connectivity index (χ2v) is 1.58. The molecule has 0 atom stereocenters. The van der Waals surface area contributed by atoms with Crippen LogP contribution in [-0.2, 0) is 9.59 Å². The Bertz CT molecular complexity index is 91.1. The number of rotatable bonds is 2. The van der Waals surface area contributed by atoms with Gasteiger partial charge in [-0.25, -0.2) is 0 Å². The molecule has 42 valence electrons. The van der Waals surface area contributed by atoms with Crippen molar-refractivity contribution in [3.05, 3.63) is 0 Å². The second kappa shape index (κ2) is 5.08. The van der Waals surface area contributed by atoms with Crippen LogP contribution in [0.1, 0.15) is 21.7 Å². The van der Waals surface area contributed by atoms with Gasteiger partial charge in [-0.3, -0.25) is 9.59 Å². The van der Waals surface area contributed by atoms with Crippen molar-refractivity contribution in [1.29, 1.82) is 0 Å². The Hall–Kier alpha value is -0.0626. The first-order chi connectivity index (χ1) is 3.13. The van der Waals surface area contributed by atoms with E-state index in [2.05, 4.69) is 0 Å². The van der Waals surface area contributed by atoms with Gasteiger partial charge in [0.25, 0.3) is 0 Å². The Morgan fingerprint density at radius 2 is 1.50 bits per heavy atom. The summed E-state index contributed by atoms with van der Waals surface area (Å²) in [7, 11) is 0. The third-order valence-corrected chi connectivity index (χ3v) is 0.498. The van der Waals surface area contributed by atoms with Gasteiger partial charge in [-0.05, 0) is 13.8 Å². The summed E-state index contributed by atoms with van der Waals surface area (Å²) < 4.78 is 0. The Balaban J connectivity index is -0.000000180. The van der Waals surface area contributed by atoms with Crippen LogP contribution in [0.15, 0.2) is 0 Å². The van der Waals surface area contributed by atoms with Crippen molar-refractivity contribution >= 4 is 11.6 Å². The quantitative estimate of drug-likeness (QED) is 0.294. The van der Waals surface area contributed by atoms with Crippen LogP contribution in [0.25, 0.3) is 0 Å². The first-order valence-corrected chi connectivity index (χ1v) is 2.12.